The van der Waals surface area contributed by atoms with Gasteiger partial charge in [0.1, 0.15) is 0 Å². The molecular weight excluding hydrogens is 290 g/mol. The van der Waals surface area contributed by atoms with Crippen molar-refractivity contribution in [3.05, 3.63) is 59.7 Å². The average Bonchev–Trinajstić information content (AvgIpc) is 3.09. The molecule has 1 fully saturated rings. The summed E-state index contributed by atoms with van der Waals surface area (Å²) >= 11 is 0. The maximum atomic E-state index is 12.5. The van der Waals surface area contributed by atoms with Gasteiger partial charge in [-0.15, -0.1) is 0 Å². The van der Waals surface area contributed by atoms with Crippen molar-refractivity contribution in [2.75, 3.05) is 13.1 Å². The van der Waals surface area contributed by atoms with Crippen LogP contribution in [0.3, 0.4) is 0 Å². The van der Waals surface area contributed by atoms with Crippen LogP contribution in [0.15, 0.2) is 48.5 Å². The van der Waals surface area contributed by atoms with Crippen molar-refractivity contribution in [3.63, 3.8) is 0 Å². The number of hydrogen-bond acceptors (Lipinski definition) is 2. The Morgan fingerprint density at radius 2 is 1.65 bits per heavy atom. The summed E-state index contributed by atoms with van der Waals surface area (Å²) < 4.78 is 0. The van der Waals surface area contributed by atoms with Crippen LogP contribution in [0.25, 0.3) is 11.1 Å². The molecule has 1 aliphatic rings. The van der Waals surface area contributed by atoms with E-state index < -0.39 is 5.97 Å². The Morgan fingerprint density at radius 1 is 0.957 bits per heavy atom. The van der Waals surface area contributed by atoms with Crippen LogP contribution in [0.2, 0.25) is 0 Å². The molecule has 1 amide bonds. The first-order chi connectivity index (χ1) is 11.1. The number of aliphatic carboxylic acids is 1. The van der Waals surface area contributed by atoms with Crippen LogP contribution in [0, 0.1) is 0 Å². The summed E-state index contributed by atoms with van der Waals surface area (Å²) in [6.07, 6.45) is 2.18. The van der Waals surface area contributed by atoms with Gasteiger partial charge in [-0.25, -0.2) is 0 Å². The van der Waals surface area contributed by atoms with Crippen molar-refractivity contribution in [3.8, 4) is 11.1 Å². The van der Waals surface area contributed by atoms with Gasteiger partial charge >= 0.3 is 5.97 Å². The molecule has 1 heterocycles. The molecule has 0 radical (unpaired) electrons. The van der Waals surface area contributed by atoms with E-state index in [-0.39, 0.29) is 12.3 Å². The third-order valence-electron chi connectivity index (χ3n) is 4.15. The molecule has 4 nitrogen and oxygen atoms in total. The lowest BCUT2D eigenvalue weighted by molar-refractivity contribution is -0.136. The lowest BCUT2D eigenvalue weighted by Gasteiger charge is -2.15. The number of carbonyl (C=O) groups is 2. The van der Waals surface area contributed by atoms with Crippen LogP contribution in [-0.4, -0.2) is 35.0 Å². The first-order valence-corrected chi connectivity index (χ1v) is 7.84. The van der Waals surface area contributed by atoms with E-state index in [1.54, 1.807) is 0 Å². The maximum Gasteiger partial charge on any atom is 0.307 e. The Morgan fingerprint density at radius 3 is 2.30 bits per heavy atom. The van der Waals surface area contributed by atoms with E-state index in [4.69, 9.17) is 5.11 Å². The van der Waals surface area contributed by atoms with Gasteiger partial charge in [0.2, 0.25) is 0 Å². The van der Waals surface area contributed by atoms with Crippen molar-refractivity contribution in [1.29, 1.82) is 0 Å². The molecule has 23 heavy (non-hydrogen) atoms. The Labute approximate surface area is 135 Å². The molecule has 3 rings (SSSR count). The number of carboxylic acid groups (broad SMARTS) is 1. The third kappa shape index (κ3) is 3.59. The van der Waals surface area contributed by atoms with Gasteiger partial charge in [-0.3, -0.25) is 9.59 Å². The van der Waals surface area contributed by atoms with Crippen LogP contribution < -0.4 is 0 Å². The molecule has 0 aromatic heterocycles. The SMILES string of the molecule is O=C(O)Cc1ccc(-c2cccc(C(=O)N3CCCC3)c2)cc1. The number of nitrogens with zero attached hydrogens (tertiary/aromatic N) is 1. The fourth-order valence-corrected chi connectivity index (χ4v) is 2.92. The maximum absolute atomic E-state index is 12.5. The normalized spacial score (nSPS) is 14.0. The van der Waals surface area contributed by atoms with Gasteiger partial charge in [0.25, 0.3) is 5.91 Å². The molecule has 2 aromatic carbocycles. The first-order valence-electron chi connectivity index (χ1n) is 7.84. The van der Waals surface area contributed by atoms with E-state index in [0.29, 0.717) is 5.56 Å². The van der Waals surface area contributed by atoms with Gasteiger partial charge in [-0.2, -0.15) is 0 Å². The Kier molecular flexibility index (Phi) is 4.42. The molecule has 0 bridgehead atoms. The molecular formula is C19H19NO3. The average molecular weight is 309 g/mol. The number of benzene rings is 2. The number of likely N-dealkylation sites (tertiary alicyclic amines) is 1. The zero-order valence-electron chi connectivity index (χ0n) is 12.9. The topological polar surface area (TPSA) is 57.6 Å². The molecule has 4 heteroatoms. The van der Waals surface area contributed by atoms with Crippen molar-refractivity contribution in [1.82, 2.24) is 4.90 Å². The second-order valence-electron chi connectivity index (χ2n) is 5.85. The minimum Gasteiger partial charge on any atom is -0.481 e. The van der Waals surface area contributed by atoms with Crippen LogP contribution in [0.5, 0.6) is 0 Å². The highest BCUT2D eigenvalue weighted by Gasteiger charge is 2.19. The van der Waals surface area contributed by atoms with Gasteiger partial charge in [0.15, 0.2) is 0 Å². The molecule has 2 aromatic rings. The number of carboxylic acids is 1. The van der Waals surface area contributed by atoms with Crippen molar-refractivity contribution < 1.29 is 14.7 Å². The highest BCUT2D eigenvalue weighted by molar-refractivity contribution is 5.95. The molecule has 1 aliphatic heterocycles. The van der Waals surface area contributed by atoms with Gasteiger partial charge < -0.3 is 10.0 Å². The predicted molar refractivity (Wildman–Crippen MR) is 88.4 cm³/mol. The number of carbonyl (C=O) groups excluding carboxylic acids is 1. The van der Waals surface area contributed by atoms with Gasteiger partial charge in [-0.1, -0.05) is 36.4 Å². The largest absolute Gasteiger partial charge is 0.481 e. The zero-order chi connectivity index (χ0) is 16.2. The Hall–Kier alpha value is -2.62. The minimum absolute atomic E-state index is 0.0216. The Bertz CT molecular complexity index is 716. The highest BCUT2D eigenvalue weighted by Crippen LogP contribution is 2.22. The van der Waals surface area contributed by atoms with Gasteiger partial charge in [0.05, 0.1) is 6.42 Å². The molecule has 118 valence electrons. The fourth-order valence-electron chi connectivity index (χ4n) is 2.92. The summed E-state index contributed by atoms with van der Waals surface area (Å²) in [5.74, 6) is -0.747. The van der Waals surface area contributed by atoms with E-state index in [1.807, 2.05) is 53.4 Å². The molecule has 1 saturated heterocycles. The smallest absolute Gasteiger partial charge is 0.307 e. The molecule has 0 unspecified atom stereocenters. The second-order valence-corrected chi connectivity index (χ2v) is 5.85. The third-order valence-corrected chi connectivity index (χ3v) is 4.15. The summed E-state index contributed by atoms with van der Waals surface area (Å²) in [6.45, 7) is 1.68. The monoisotopic (exact) mass is 309 g/mol. The van der Waals surface area contributed by atoms with E-state index in [9.17, 15) is 9.59 Å². The van der Waals surface area contributed by atoms with Crippen molar-refractivity contribution in [2.24, 2.45) is 0 Å². The summed E-state index contributed by atoms with van der Waals surface area (Å²) in [5, 5.41) is 8.81. The van der Waals surface area contributed by atoms with Gasteiger partial charge in [-0.05, 0) is 41.7 Å². The summed E-state index contributed by atoms with van der Waals surface area (Å²) in [6, 6.07) is 15.1. The lowest BCUT2D eigenvalue weighted by atomic mass is 10.0. The van der Waals surface area contributed by atoms with E-state index in [2.05, 4.69) is 0 Å². The molecule has 0 saturated carbocycles. The molecule has 0 atom stereocenters. The number of rotatable bonds is 4. The summed E-state index contributed by atoms with van der Waals surface area (Å²) in [7, 11) is 0. The summed E-state index contributed by atoms with van der Waals surface area (Å²) in [4.78, 5) is 25.1. The van der Waals surface area contributed by atoms with Crippen LogP contribution in [0.4, 0.5) is 0 Å². The number of hydrogen-bond donors (Lipinski definition) is 1. The Balaban J connectivity index is 1.81. The van der Waals surface area contributed by atoms with Crippen LogP contribution >= 0.6 is 0 Å². The van der Waals surface area contributed by atoms with Gasteiger partial charge in [0, 0.05) is 18.7 Å². The van der Waals surface area contributed by atoms with Crippen LogP contribution in [0.1, 0.15) is 28.8 Å². The molecule has 1 N–H and O–H groups in total. The highest BCUT2D eigenvalue weighted by atomic mass is 16.4. The van der Waals surface area contributed by atoms with Crippen LogP contribution in [-0.2, 0) is 11.2 Å². The standard InChI is InChI=1S/C19H19NO3/c21-18(22)12-14-6-8-15(9-7-14)16-4-3-5-17(13-16)19(23)20-10-1-2-11-20/h3-9,13H,1-2,10-12H2,(H,21,22). The van der Waals surface area contributed by atoms with E-state index >= 15 is 0 Å². The first kappa shape index (κ1) is 15.3. The predicted octanol–water partition coefficient (Wildman–Crippen LogP) is 3.22. The van der Waals surface area contributed by atoms with Crippen molar-refractivity contribution in [2.45, 2.75) is 19.3 Å². The summed E-state index contributed by atoms with van der Waals surface area (Å²) in [5.41, 5.74) is 3.43. The van der Waals surface area contributed by atoms with Crippen molar-refractivity contribution >= 4 is 11.9 Å². The molecule has 0 aliphatic carbocycles. The second kappa shape index (κ2) is 6.65. The quantitative estimate of drug-likeness (QED) is 0.943. The molecule has 0 spiro atoms. The fraction of sp³-hybridized carbons (Fsp3) is 0.263. The lowest BCUT2D eigenvalue weighted by Crippen LogP contribution is -2.27. The van der Waals surface area contributed by atoms with E-state index in [0.717, 1.165) is 42.6 Å². The van der Waals surface area contributed by atoms with E-state index in [1.165, 1.54) is 0 Å². The zero-order valence-corrected chi connectivity index (χ0v) is 12.9. The number of amides is 1. The minimum atomic E-state index is -0.837.